The minimum Gasteiger partial charge on any atom is -0.351 e. The minimum atomic E-state index is -0.139. The summed E-state index contributed by atoms with van der Waals surface area (Å²) in [6, 6.07) is 2.04. The van der Waals surface area contributed by atoms with Gasteiger partial charge in [-0.3, -0.25) is 4.79 Å². The standard InChI is InChI=1S/C9H15BrN2O/c1-3-7(5-6-11)12-9(13)8(10)4-2/h7-8H,3-5H2,1-2H3,(H,12,13). The lowest BCUT2D eigenvalue weighted by Crippen LogP contribution is -2.38. The third kappa shape index (κ3) is 4.89. The lowest BCUT2D eigenvalue weighted by molar-refractivity contribution is -0.121. The average Bonchev–Trinajstić information content (AvgIpc) is 2.15. The van der Waals surface area contributed by atoms with Crippen LogP contribution in [0.4, 0.5) is 0 Å². The second-order valence-electron chi connectivity index (χ2n) is 2.85. The number of nitrogens with zero attached hydrogens (tertiary/aromatic N) is 1. The molecule has 1 N–H and O–H groups in total. The highest BCUT2D eigenvalue weighted by Gasteiger charge is 2.15. The van der Waals surface area contributed by atoms with Crippen LogP contribution in [-0.2, 0) is 4.79 Å². The highest BCUT2D eigenvalue weighted by Crippen LogP contribution is 2.06. The molecule has 0 fully saturated rings. The van der Waals surface area contributed by atoms with Gasteiger partial charge in [0.15, 0.2) is 0 Å². The lowest BCUT2D eigenvalue weighted by atomic mass is 10.1. The zero-order valence-electron chi connectivity index (χ0n) is 8.01. The van der Waals surface area contributed by atoms with E-state index in [-0.39, 0.29) is 16.8 Å². The van der Waals surface area contributed by atoms with Gasteiger partial charge >= 0.3 is 0 Å². The second kappa shape index (κ2) is 6.90. The Hall–Kier alpha value is -0.560. The Morgan fingerprint density at radius 2 is 2.15 bits per heavy atom. The number of carbonyl (C=O) groups is 1. The van der Waals surface area contributed by atoms with Crippen molar-refractivity contribution in [3.05, 3.63) is 0 Å². The van der Waals surface area contributed by atoms with Crippen molar-refractivity contribution in [2.75, 3.05) is 0 Å². The zero-order valence-corrected chi connectivity index (χ0v) is 9.60. The summed E-state index contributed by atoms with van der Waals surface area (Å²) in [5.74, 6) is -0.0235. The van der Waals surface area contributed by atoms with E-state index in [0.717, 1.165) is 12.8 Å². The normalized spacial score (nSPS) is 14.3. The predicted octanol–water partition coefficient (Wildman–Crippen LogP) is 1.97. The van der Waals surface area contributed by atoms with Gasteiger partial charge in [0.25, 0.3) is 0 Å². The van der Waals surface area contributed by atoms with Gasteiger partial charge in [-0.1, -0.05) is 29.8 Å². The molecule has 0 saturated heterocycles. The molecule has 3 nitrogen and oxygen atoms in total. The quantitative estimate of drug-likeness (QED) is 0.755. The fourth-order valence-corrected chi connectivity index (χ4v) is 1.02. The number of halogens is 1. The maximum atomic E-state index is 11.4. The fourth-order valence-electron chi connectivity index (χ4n) is 0.885. The number of alkyl halides is 1. The van der Waals surface area contributed by atoms with Gasteiger partial charge in [0.1, 0.15) is 0 Å². The van der Waals surface area contributed by atoms with Gasteiger partial charge in [-0.05, 0) is 12.8 Å². The first-order valence-corrected chi connectivity index (χ1v) is 5.38. The Labute approximate surface area is 87.6 Å². The molecule has 0 aliphatic heterocycles. The predicted molar refractivity (Wildman–Crippen MR) is 55.5 cm³/mol. The first-order chi connectivity index (χ1) is 6.15. The van der Waals surface area contributed by atoms with Crippen molar-refractivity contribution in [2.24, 2.45) is 0 Å². The molecule has 0 rings (SSSR count). The van der Waals surface area contributed by atoms with Gasteiger partial charge in [-0.25, -0.2) is 0 Å². The third-order valence-corrected chi connectivity index (χ3v) is 2.88. The number of hydrogen-bond donors (Lipinski definition) is 1. The van der Waals surface area contributed by atoms with E-state index in [2.05, 4.69) is 27.3 Å². The summed E-state index contributed by atoms with van der Waals surface area (Å²) in [7, 11) is 0. The Morgan fingerprint density at radius 1 is 1.54 bits per heavy atom. The van der Waals surface area contributed by atoms with Gasteiger partial charge in [0.2, 0.25) is 5.91 Å². The van der Waals surface area contributed by atoms with Gasteiger partial charge < -0.3 is 5.32 Å². The summed E-state index contributed by atoms with van der Waals surface area (Å²) in [4.78, 5) is 11.2. The van der Waals surface area contributed by atoms with Crippen LogP contribution in [0.3, 0.4) is 0 Å². The third-order valence-electron chi connectivity index (χ3n) is 1.82. The molecule has 13 heavy (non-hydrogen) atoms. The molecule has 0 heterocycles. The number of nitrogens with one attached hydrogen (secondary N) is 1. The maximum absolute atomic E-state index is 11.4. The number of carbonyl (C=O) groups excluding carboxylic acids is 1. The summed E-state index contributed by atoms with van der Waals surface area (Å²) in [6.45, 7) is 3.89. The molecular weight excluding hydrogens is 232 g/mol. The number of amides is 1. The number of nitriles is 1. The first-order valence-electron chi connectivity index (χ1n) is 4.47. The van der Waals surface area contributed by atoms with Crippen LogP contribution in [0.2, 0.25) is 0 Å². The topological polar surface area (TPSA) is 52.9 Å². The lowest BCUT2D eigenvalue weighted by Gasteiger charge is -2.15. The Morgan fingerprint density at radius 3 is 2.54 bits per heavy atom. The Kier molecular flexibility index (Phi) is 6.61. The van der Waals surface area contributed by atoms with Crippen molar-refractivity contribution in [1.82, 2.24) is 5.32 Å². The van der Waals surface area contributed by atoms with E-state index in [1.807, 2.05) is 13.8 Å². The largest absolute Gasteiger partial charge is 0.351 e. The summed E-state index contributed by atoms with van der Waals surface area (Å²) in [6.07, 6.45) is 1.93. The summed E-state index contributed by atoms with van der Waals surface area (Å²) < 4.78 is 0. The van der Waals surface area contributed by atoms with Gasteiger partial charge in [-0.2, -0.15) is 5.26 Å². The van der Waals surface area contributed by atoms with Crippen molar-refractivity contribution in [3.63, 3.8) is 0 Å². The molecule has 0 aromatic heterocycles. The molecule has 0 aliphatic carbocycles. The molecule has 0 aromatic carbocycles. The van der Waals surface area contributed by atoms with Crippen LogP contribution in [0, 0.1) is 11.3 Å². The highest BCUT2D eigenvalue weighted by molar-refractivity contribution is 9.10. The van der Waals surface area contributed by atoms with E-state index in [1.54, 1.807) is 0 Å². The van der Waals surface area contributed by atoms with E-state index in [0.29, 0.717) is 6.42 Å². The van der Waals surface area contributed by atoms with Gasteiger partial charge in [0.05, 0.1) is 17.3 Å². The van der Waals surface area contributed by atoms with Gasteiger partial charge in [-0.15, -0.1) is 0 Å². The van der Waals surface area contributed by atoms with Crippen LogP contribution in [0.1, 0.15) is 33.1 Å². The van der Waals surface area contributed by atoms with E-state index >= 15 is 0 Å². The molecule has 0 bridgehead atoms. The van der Waals surface area contributed by atoms with Crippen molar-refractivity contribution >= 4 is 21.8 Å². The van der Waals surface area contributed by atoms with Crippen LogP contribution >= 0.6 is 15.9 Å². The molecule has 0 radical (unpaired) electrons. The maximum Gasteiger partial charge on any atom is 0.234 e. The molecule has 2 atom stereocenters. The minimum absolute atomic E-state index is 0.0101. The fraction of sp³-hybridized carbons (Fsp3) is 0.778. The van der Waals surface area contributed by atoms with Crippen molar-refractivity contribution < 1.29 is 4.79 Å². The molecule has 0 aromatic rings. The Balaban J connectivity index is 3.94. The zero-order chi connectivity index (χ0) is 10.3. The molecule has 74 valence electrons. The van der Waals surface area contributed by atoms with Crippen molar-refractivity contribution in [1.29, 1.82) is 5.26 Å². The smallest absolute Gasteiger partial charge is 0.234 e. The molecule has 0 spiro atoms. The summed E-state index contributed by atoms with van der Waals surface area (Å²) in [5, 5.41) is 11.3. The average molecular weight is 247 g/mol. The monoisotopic (exact) mass is 246 g/mol. The van der Waals surface area contributed by atoms with Crippen LogP contribution in [0.15, 0.2) is 0 Å². The first kappa shape index (κ1) is 12.4. The molecule has 0 saturated carbocycles. The van der Waals surface area contributed by atoms with Crippen LogP contribution < -0.4 is 5.32 Å². The van der Waals surface area contributed by atoms with E-state index < -0.39 is 0 Å². The number of rotatable bonds is 5. The van der Waals surface area contributed by atoms with E-state index in [9.17, 15) is 4.79 Å². The summed E-state index contributed by atoms with van der Waals surface area (Å²) in [5.41, 5.74) is 0. The molecule has 2 unspecified atom stereocenters. The molecule has 0 aliphatic rings. The highest BCUT2D eigenvalue weighted by atomic mass is 79.9. The summed E-state index contributed by atoms with van der Waals surface area (Å²) >= 11 is 3.26. The molecular formula is C9H15BrN2O. The van der Waals surface area contributed by atoms with Crippen LogP contribution in [0.5, 0.6) is 0 Å². The van der Waals surface area contributed by atoms with Gasteiger partial charge in [0, 0.05) is 6.04 Å². The van der Waals surface area contributed by atoms with Crippen LogP contribution in [-0.4, -0.2) is 16.8 Å². The SMILES string of the molecule is CCC(CC#N)NC(=O)C(Br)CC. The second-order valence-corrected chi connectivity index (χ2v) is 3.96. The van der Waals surface area contributed by atoms with Crippen LogP contribution in [0.25, 0.3) is 0 Å². The van der Waals surface area contributed by atoms with E-state index in [1.165, 1.54) is 0 Å². The molecule has 1 amide bonds. The van der Waals surface area contributed by atoms with Crippen molar-refractivity contribution in [2.45, 2.75) is 44.0 Å². The van der Waals surface area contributed by atoms with Crippen molar-refractivity contribution in [3.8, 4) is 6.07 Å². The Bertz CT molecular complexity index is 200. The number of hydrogen-bond acceptors (Lipinski definition) is 2. The van der Waals surface area contributed by atoms with E-state index in [4.69, 9.17) is 5.26 Å². The molecule has 4 heteroatoms.